The van der Waals surface area contributed by atoms with Crippen molar-refractivity contribution in [2.75, 3.05) is 0 Å². The van der Waals surface area contributed by atoms with E-state index in [9.17, 15) is 0 Å². The van der Waals surface area contributed by atoms with Gasteiger partial charge in [0.05, 0.1) is 0 Å². The summed E-state index contributed by atoms with van der Waals surface area (Å²) >= 11 is 0. The zero-order valence-electron chi connectivity index (χ0n) is 13.1. The molecule has 0 atom stereocenters. The van der Waals surface area contributed by atoms with Gasteiger partial charge in [-0.1, -0.05) is 6.20 Å². The summed E-state index contributed by atoms with van der Waals surface area (Å²) in [5.74, 6) is 2.83. The normalized spacial score (nSPS) is 6.60. The van der Waals surface area contributed by atoms with E-state index in [0.29, 0.717) is 0 Å². The number of rotatable bonds is 0. The second kappa shape index (κ2) is 32.8. The molecular weight excluding hydrogens is 437 g/mol. The fourth-order valence-electron chi connectivity index (χ4n) is 0.358. The second-order valence-corrected chi connectivity index (χ2v) is 4.29. The first-order valence-electron chi connectivity index (χ1n) is 5.02. The average Bonchev–Trinajstić information content (AvgIpc) is 2.03. The van der Waals surface area contributed by atoms with E-state index in [1.165, 1.54) is 11.8 Å². The van der Waals surface area contributed by atoms with Gasteiger partial charge >= 0.3 is 37.1 Å². The molecule has 0 saturated carbocycles. The Bertz CT molecular complexity index is 207. The van der Waals surface area contributed by atoms with Crippen LogP contribution in [0.25, 0.3) is 0 Å². The van der Waals surface area contributed by atoms with Crippen molar-refractivity contribution in [3.8, 4) is 0 Å². The molecule has 0 unspecified atom stereocenters. The summed E-state index contributed by atoms with van der Waals surface area (Å²) in [5, 5.41) is 0. The monoisotopic (exact) mass is 460 g/mol. The molecule has 20 heavy (non-hydrogen) atoms. The summed E-state index contributed by atoms with van der Waals surface area (Å²) in [7, 11) is 0. The van der Waals surface area contributed by atoms with Gasteiger partial charge in [0.15, 0.2) is 0 Å². The van der Waals surface area contributed by atoms with Gasteiger partial charge in [0.2, 0.25) is 0 Å². The standard InChI is InChI=1S/C6H5N.2C4H9.5V/c1-6-3-2-4-7-5-6;2*1-4(2)3;;;;;/h3-5H,1H2;2*1-3H3;;;;;/q-2;2*-1;;;;2*+2. The first-order chi connectivity index (χ1) is 6.86. The molecule has 0 fully saturated rings. The van der Waals surface area contributed by atoms with Crippen LogP contribution < -0.4 is 0 Å². The minimum Gasteiger partial charge on any atom is -0.368 e. The maximum atomic E-state index is 3.77. The first kappa shape index (κ1) is 43.1. The Balaban J connectivity index is -0.0000000237. The summed E-state index contributed by atoms with van der Waals surface area (Å²) < 4.78 is 0. The molecule has 5 radical (unpaired) electrons. The van der Waals surface area contributed by atoms with Crippen LogP contribution in [0.4, 0.5) is 0 Å². The number of aromatic nitrogens is 1. The molecule has 0 aliphatic rings. The van der Waals surface area contributed by atoms with Gasteiger partial charge in [0.25, 0.3) is 0 Å². The van der Waals surface area contributed by atoms with Crippen molar-refractivity contribution in [2.24, 2.45) is 0 Å². The summed E-state index contributed by atoms with van der Waals surface area (Å²) in [5.41, 5.74) is 0.905. The fourth-order valence-corrected chi connectivity index (χ4v) is 0.358. The third-order valence-corrected chi connectivity index (χ3v) is 0.658. The predicted octanol–water partition coefficient (Wildman–Crippen LogP) is 4.29. The zero-order valence-corrected chi connectivity index (χ0v) is 20.1. The van der Waals surface area contributed by atoms with Gasteiger partial charge in [0, 0.05) is 55.7 Å². The molecule has 0 spiro atoms. The average molecular weight is 460 g/mol. The van der Waals surface area contributed by atoms with Crippen LogP contribution in [-0.4, -0.2) is 4.98 Å². The Morgan fingerprint density at radius 3 is 1.30 bits per heavy atom. The molecule has 1 rings (SSSR count). The van der Waals surface area contributed by atoms with Gasteiger partial charge in [-0.3, -0.25) is 6.92 Å². The van der Waals surface area contributed by atoms with E-state index in [0.717, 1.165) is 5.56 Å². The van der Waals surface area contributed by atoms with Crippen molar-refractivity contribution in [1.29, 1.82) is 0 Å². The van der Waals surface area contributed by atoms with Crippen molar-refractivity contribution in [3.05, 3.63) is 48.8 Å². The SMILES string of the molecule is C[C-](C)C.C[C-](C)C.[CH2-]c1c[c-]cnc1.[V+2].[V+2].[V].[V].[V]. The van der Waals surface area contributed by atoms with Crippen LogP contribution in [0.3, 0.4) is 0 Å². The molecule has 1 aromatic heterocycles. The third kappa shape index (κ3) is 72.4. The Morgan fingerprint density at radius 2 is 1.20 bits per heavy atom. The van der Waals surface area contributed by atoms with E-state index in [4.69, 9.17) is 0 Å². The molecule has 0 N–H and O–H groups in total. The summed E-state index contributed by atoms with van der Waals surface area (Å²) in [4.78, 5) is 3.77. The molecule has 0 aromatic carbocycles. The molecule has 0 amide bonds. The van der Waals surface area contributed by atoms with E-state index >= 15 is 0 Å². The quantitative estimate of drug-likeness (QED) is 0.527. The molecular formula is C14H23NV5. The molecule has 1 heterocycles. The van der Waals surface area contributed by atoms with Crippen LogP contribution in [0, 0.1) is 24.8 Å². The van der Waals surface area contributed by atoms with Crippen LogP contribution in [-0.2, 0) is 92.8 Å². The van der Waals surface area contributed by atoms with Gasteiger partial charge < -0.3 is 34.5 Å². The van der Waals surface area contributed by atoms with Crippen LogP contribution in [0.15, 0.2) is 18.5 Å². The maximum Gasteiger partial charge on any atom is 2.00 e. The molecule has 0 saturated heterocycles. The molecule has 1 nitrogen and oxygen atoms in total. The molecule has 109 valence electrons. The summed E-state index contributed by atoms with van der Waals surface area (Å²) in [6, 6.07) is 4.57. The van der Waals surface area contributed by atoms with Crippen molar-refractivity contribution in [2.45, 2.75) is 41.5 Å². The van der Waals surface area contributed by atoms with Crippen molar-refractivity contribution < 1.29 is 92.8 Å². The number of hydrogen-bond donors (Lipinski definition) is 0. The third-order valence-electron chi connectivity index (χ3n) is 0.658. The van der Waals surface area contributed by atoms with Crippen LogP contribution in [0.5, 0.6) is 0 Å². The molecule has 6 heteroatoms. The largest absolute Gasteiger partial charge is 2.00 e. The maximum absolute atomic E-state index is 3.77. The van der Waals surface area contributed by atoms with Gasteiger partial charge in [-0.05, 0) is 0 Å². The number of nitrogens with zero attached hydrogens (tertiary/aromatic N) is 1. The minimum absolute atomic E-state index is 0. The minimum atomic E-state index is 0. The first-order valence-corrected chi connectivity index (χ1v) is 5.02. The van der Waals surface area contributed by atoms with Crippen LogP contribution in [0.1, 0.15) is 47.1 Å². The van der Waals surface area contributed by atoms with E-state index in [1.54, 1.807) is 18.5 Å². The van der Waals surface area contributed by atoms with Gasteiger partial charge in [-0.25, -0.2) is 0 Å². The van der Waals surface area contributed by atoms with Crippen LogP contribution in [0.2, 0.25) is 0 Å². The van der Waals surface area contributed by atoms with Crippen molar-refractivity contribution >= 4 is 0 Å². The topological polar surface area (TPSA) is 12.9 Å². The summed E-state index contributed by atoms with van der Waals surface area (Å²) in [6.07, 6.45) is 3.30. The van der Waals surface area contributed by atoms with Gasteiger partial charge in [-0.2, -0.15) is 47.7 Å². The predicted molar refractivity (Wildman–Crippen MR) is 68.1 cm³/mol. The zero-order chi connectivity index (χ0) is 12.3. The van der Waals surface area contributed by atoms with Crippen molar-refractivity contribution in [1.82, 2.24) is 4.98 Å². The second-order valence-electron chi connectivity index (χ2n) is 4.29. The molecule has 0 aliphatic heterocycles. The Morgan fingerprint density at radius 1 is 0.900 bits per heavy atom. The van der Waals surface area contributed by atoms with E-state index in [2.05, 4.69) is 59.5 Å². The van der Waals surface area contributed by atoms with Gasteiger partial charge in [-0.15, -0.1) is 0 Å². The van der Waals surface area contributed by atoms with E-state index in [1.807, 2.05) is 0 Å². The van der Waals surface area contributed by atoms with Crippen molar-refractivity contribution in [3.63, 3.8) is 0 Å². The van der Waals surface area contributed by atoms with Gasteiger partial charge in [0.1, 0.15) is 0 Å². The number of hydrogen-bond acceptors (Lipinski definition) is 1. The Labute approximate surface area is 186 Å². The number of pyridine rings is 1. The Kier molecular flexibility index (Phi) is 70.6. The molecule has 1 aromatic rings. The van der Waals surface area contributed by atoms with Crippen LogP contribution >= 0.6 is 0 Å². The molecule has 0 bridgehead atoms. The fraction of sp³-hybridized carbons (Fsp3) is 0.429. The Hall–Kier alpha value is 1.94. The van der Waals surface area contributed by atoms with E-state index < -0.39 is 0 Å². The smallest absolute Gasteiger partial charge is 0.368 e. The van der Waals surface area contributed by atoms with E-state index in [-0.39, 0.29) is 92.8 Å². The molecule has 0 aliphatic carbocycles. The summed E-state index contributed by atoms with van der Waals surface area (Å²) in [6.45, 7) is 16.1.